The Morgan fingerprint density at radius 2 is 1.87 bits per heavy atom. The Hall–Kier alpha value is -2.75. The summed E-state index contributed by atoms with van der Waals surface area (Å²) >= 11 is -0.0115. The molecule has 0 unspecified atom stereocenters. The van der Waals surface area contributed by atoms with Crippen molar-refractivity contribution < 1.29 is 13.2 Å². The third-order valence-corrected chi connectivity index (χ3v) is 7.63. The van der Waals surface area contributed by atoms with Gasteiger partial charge in [0.15, 0.2) is 0 Å². The van der Waals surface area contributed by atoms with Crippen molar-refractivity contribution in [2.75, 3.05) is 43.9 Å². The van der Waals surface area contributed by atoms with Gasteiger partial charge in [-0.2, -0.15) is 0 Å². The van der Waals surface area contributed by atoms with Crippen molar-refractivity contribution in [1.29, 1.82) is 0 Å². The number of nitrogens with two attached hydrogens (primary N) is 1. The maximum absolute atomic E-state index is 13.9. The van der Waals surface area contributed by atoms with Crippen LogP contribution in [-0.4, -0.2) is 67.6 Å². The summed E-state index contributed by atoms with van der Waals surface area (Å²) in [6, 6.07) is 4.34. The molecule has 1 fully saturated rings. The molecule has 0 saturated carbocycles. The van der Waals surface area contributed by atoms with Gasteiger partial charge in [-0.25, -0.2) is 0 Å². The molecule has 0 aliphatic carbocycles. The molecule has 0 spiro atoms. The Kier molecular flexibility index (Phi) is 4.65. The number of imidazole rings is 1. The Morgan fingerprint density at radius 3 is 2.58 bits per heavy atom. The molecule has 11 heteroatoms. The molecule has 31 heavy (non-hydrogen) atoms. The summed E-state index contributed by atoms with van der Waals surface area (Å²) in [7, 11) is 1.95. The van der Waals surface area contributed by atoms with Crippen molar-refractivity contribution in [3.05, 3.63) is 39.1 Å². The van der Waals surface area contributed by atoms with E-state index in [0.717, 1.165) is 10.3 Å². The van der Waals surface area contributed by atoms with Gasteiger partial charge in [0.05, 0.1) is 0 Å². The summed E-state index contributed by atoms with van der Waals surface area (Å²) in [4.78, 5) is 28.5. The Morgan fingerprint density at radius 1 is 1.13 bits per heavy atom. The van der Waals surface area contributed by atoms with Crippen LogP contribution in [-0.2, 0) is 6.18 Å². The van der Waals surface area contributed by atoms with E-state index in [9.17, 15) is 18.0 Å². The molecule has 162 valence electrons. The first-order valence-electron chi connectivity index (χ1n) is 9.66. The number of anilines is 2. The number of hydrogen-bond acceptors (Lipinski definition) is 5. The third-order valence-electron chi connectivity index (χ3n) is 5.64. The van der Waals surface area contributed by atoms with E-state index in [1.807, 2.05) is 18.1 Å². The number of alkyl halides is 3. The van der Waals surface area contributed by atoms with Gasteiger partial charge >= 0.3 is 173 Å². The van der Waals surface area contributed by atoms with Crippen LogP contribution < -0.4 is 16.2 Å². The minimum absolute atomic E-state index is 0.0115. The molecule has 5 rings (SSSR count). The number of piperazine rings is 1. The Bertz CT molecular complexity index is 1350. The number of likely N-dealkylation sites (N-methyl/N-ethyl adjacent to an activating group) is 1. The number of nitrogens with zero attached hydrogens (tertiary/aromatic N) is 3. The number of nitrogens with one attached hydrogen (secondary N) is 2. The Labute approximate surface area is 180 Å². The number of fused-ring (bicyclic) bond motifs is 2. The van der Waals surface area contributed by atoms with Crippen molar-refractivity contribution >= 4 is 46.7 Å². The van der Waals surface area contributed by atoms with Gasteiger partial charge in [0, 0.05) is 0 Å². The minimum atomic E-state index is -4.52. The number of rotatable bonds is 2. The average Bonchev–Trinajstić information content (AvgIpc) is 3.33. The fourth-order valence-corrected chi connectivity index (χ4v) is 5.68. The van der Waals surface area contributed by atoms with Crippen LogP contribution >= 0.6 is 0 Å². The SMILES string of the molecule is CN1CCN(c2cc3[nH]c(-c4c(N)c5[se]ccc5[nH]c4=O)nc3cc2C(F)(F)F)CC1. The molecule has 0 bridgehead atoms. The maximum atomic E-state index is 13.9. The van der Waals surface area contributed by atoms with Crippen LogP contribution in [0.25, 0.3) is 32.2 Å². The van der Waals surface area contributed by atoms with E-state index in [2.05, 4.69) is 19.9 Å². The second-order valence-corrected chi connectivity index (χ2v) is 9.59. The van der Waals surface area contributed by atoms with Crippen LogP contribution in [0, 0.1) is 0 Å². The molecule has 1 saturated heterocycles. The molecule has 7 nitrogen and oxygen atoms in total. The fraction of sp³-hybridized carbons (Fsp3) is 0.300. The molecular weight excluding hydrogens is 476 g/mol. The van der Waals surface area contributed by atoms with E-state index in [1.54, 1.807) is 4.90 Å². The van der Waals surface area contributed by atoms with E-state index < -0.39 is 17.3 Å². The van der Waals surface area contributed by atoms with E-state index in [-0.39, 0.29) is 37.1 Å². The standard InChI is InChI=1S/C20H19F3N6OSe/c1-28-3-5-29(6-4-28)14-9-13-12(8-10(14)20(21,22)23)25-18(26-13)15-16(24)17-11(2-7-31-17)27-19(15)30/h2,7-9H,3-6H2,1H3,(H,25,26)(H3,24,27,30). The topological polar surface area (TPSA) is 94.0 Å². The summed E-state index contributed by atoms with van der Waals surface area (Å²) in [5, 5.41) is 0. The molecular formula is C20H19F3N6OSe. The normalized spacial score (nSPS) is 15.9. The molecule has 4 aromatic rings. The number of pyridine rings is 1. The van der Waals surface area contributed by atoms with Gasteiger partial charge in [-0.05, 0) is 7.05 Å². The zero-order valence-electron chi connectivity index (χ0n) is 16.5. The molecule has 1 aliphatic heterocycles. The predicted octanol–water partition coefficient (Wildman–Crippen LogP) is 2.48. The number of aromatic nitrogens is 3. The number of hydrogen-bond donors (Lipinski definition) is 3. The van der Waals surface area contributed by atoms with Crippen molar-refractivity contribution in [1.82, 2.24) is 19.9 Å². The van der Waals surface area contributed by atoms with Gasteiger partial charge in [-0.3, -0.25) is 0 Å². The van der Waals surface area contributed by atoms with Gasteiger partial charge in [-0.1, -0.05) is 0 Å². The summed E-state index contributed by atoms with van der Waals surface area (Å²) in [6.07, 6.45) is -4.52. The second-order valence-electron chi connectivity index (χ2n) is 7.67. The van der Waals surface area contributed by atoms with Crippen LogP contribution in [0.5, 0.6) is 0 Å². The van der Waals surface area contributed by atoms with Crippen LogP contribution in [0.4, 0.5) is 24.5 Å². The molecule has 1 aromatic carbocycles. The summed E-state index contributed by atoms with van der Waals surface area (Å²) < 4.78 is 42.4. The molecule has 1 aliphatic rings. The van der Waals surface area contributed by atoms with Crippen molar-refractivity contribution in [3.8, 4) is 11.4 Å². The molecule has 3 aromatic heterocycles. The van der Waals surface area contributed by atoms with Crippen LogP contribution in [0.15, 0.2) is 27.9 Å². The number of nitrogen functional groups attached to an aromatic ring is 1. The van der Waals surface area contributed by atoms with Gasteiger partial charge in [0.2, 0.25) is 0 Å². The summed E-state index contributed by atoms with van der Waals surface area (Å²) in [5.41, 5.74) is 6.95. The first-order valence-corrected chi connectivity index (χ1v) is 11.5. The van der Waals surface area contributed by atoms with Crippen molar-refractivity contribution in [2.45, 2.75) is 6.18 Å². The molecule has 4 heterocycles. The molecule has 0 atom stereocenters. The van der Waals surface area contributed by atoms with Crippen LogP contribution in [0.2, 0.25) is 0 Å². The van der Waals surface area contributed by atoms with E-state index in [4.69, 9.17) is 5.73 Å². The van der Waals surface area contributed by atoms with Gasteiger partial charge in [0.1, 0.15) is 0 Å². The van der Waals surface area contributed by atoms with Crippen molar-refractivity contribution in [2.24, 2.45) is 0 Å². The van der Waals surface area contributed by atoms with Gasteiger partial charge in [0.25, 0.3) is 0 Å². The second kappa shape index (κ2) is 7.15. The van der Waals surface area contributed by atoms with Crippen LogP contribution in [0.3, 0.4) is 0 Å². The number of aromatic amines is 2. The van der Waals surface area contributed by atoms with Crippen LogP contribution in [0.1, 0.15) is 5.56 Å². The number of H-pyrrole nitrogens is 2. The first-order chi connectivity index (χ1) is 14.7. The molecule has 0 amide bonds. The van der Waals surface area contributed by atoms with E-state index in [1.165, 1.54) is 6.07 Å². The third kappa shape index (κ3) is 3.42. The number of benzene rings is 1. The number of halogens is 3. The molecule has 0 radical (unpaired) electrons. The summed E-state index contributed by atoms with van der Waals surface area (Å²) in [6.45, 7) is 2.36. The first kappa shape index (κ1) is 20.2. The zero-order valence-corrected chi connectivity index (χ0v) is 18.2. The van der Waals surface area contributed by atoms with Gasteiger partial charge in [-0.15, -0.1) is 0 Å². The quantitative estimate of drug-likeness (QED) is 0.372. The Balaban J connectivity index is 1.68. The summed E-state index contributed by atoms with van der Waals surface area (Å²) in [5.74, 6) is 0.169. The van der Waals surface area contributed by atoms with Gasteiger partial charge < -0.3 is 0 Å². The monoisotopic (exact) mass is 496 g/mol. The van der Waals surface area contributed by atoms with Crippen molar-refractivity contribution in [3.63, 3.8) is 0 Å². The zero-order chi connectivity index (χ0) is 21.9. The van der Waals surface area contributed by atoms with E-state index in [0.29, 0.717) is 42.9 Å². The average molecular weight is 495 g/mol. The predicted molar refractivity (Wildman–Crippen MR) is 116 cm³/mol. The van der Waals surface area contributed by atoms with E-state index >= 15 is 0 Å². The molecule has 4 N–H and O–H groups in total. The fourth-order valence-electron chi connectivity index (χ4n) is 3.97.